The summed E-state index contributed by atoms with van der Waals surface area (Å²) in [7, 11) is 0. The van der Waals surface area contributed by atoms with E-state index >= 15 is 0 Å². The second kappa shape index (κ2) is 7.17. The largest absolute Gasteiger partial charge is 0.378 e. The minimum Gasteiger partial charge on any atom is -0.378 e. The van der Waals surface area contributed by atoms with Gasteiger partial charge in [-0.1, -0.05) is 48.0 Å². The SMILES string of the molecule is OC(Cn1cncn1)(c1ccc(Cl)cc1)c1ccccc1C1OCCO1. The smallest absolute Gasteiger partial charge is 0.184 e. The van der Waals surface area contributed by atoms with E-state index in [0.717, 1.165) is 5.56 Å². The minimum atomic E-state index is -1.36. The summed E-state index contributed by atoms with van der Waals surface area (Å²) in [6.07, 6.45) is 2.52. The molecule has 0 radical (unpaired) electrons. The van der Waals surface area contributed by atoms with Crippen molar-refractivity contribution in [3.63, 3.8) is 0 Å². The van der Waals surface area contributed by atoms with Crippen LogP contribution in [-0.4, -0.2) is 33.1 Å². The summed E-state index contributed by atoms with van der Waals surface area (Å²) in [6.45, 7) is 1.25. The Bertz CT molecular complexity index is 864. The molecule has 3 aromatic rings. The van der Waals surface area contributed by atoms with Crippen molar-refractivity contribution in [1.29, 1.82) is 0 Å². The highest BCUT2D eigenvalue weighted by Crippen LogP contribution is 2.38. The summed E-state index contributed by atoms with van der Waals surface area (Å²) in [6, 6.07) is 14.7. The fourth-order valence-electron chi connectivity index (χ4n) is 3.22. The zero-order valence-corrected chi connectivity index (χ0v) is 14.7. The molecule has 6 nitrogen and oxygen atoms in total. The lowest BCUT2D eigenvalue weighted by atomic mass is 9.83. The third-order valence-electron chi connectivity index (χ3n) is 4.46. The summed E-state index contributed by atoms with van der Waals surface area (Å²) in [5.74, 6) is 0. The zero-order chi connectivity index (χ0) is 18.0. The average Bonchev–Trinajstić information content (AvgIpc) is 3.36. The normalized spacial score (nSPS) is 17.3. The molecule has 1 saturated heterocycles. The Kier molecular flexibility index (Phi) is 4.74. The van der Waals surface area contributed by atoms with Crippen LogP contribution in [-0.2, 0) is 21.6 Å². The van der Waals surface area contributed by atoms with Crippen LogP contribution in [0.5, 0.6) is 0 Å². The minimum absolute atomic E-state index is 0.193. The van der Waals surface area contributed by atoms with Gasteiger partial charge < -0.3 is 14.6 Å². The van der Waals surface area contributed by atoms with Gasteiger partial charge in [-0.15, -0.1) is 0 Å². The van der Waals surface area contributed by atoms with E-state index in [-0.39, 0.29) is 6.54 Å². The predicted octanol–water partition coefficient (Wildman–Crippen LogP) is 2.91. The Morgan fingerprint density at radius 1 is 1.12 bits per heavy atom. The maximum atomic E-state index is 11.8. The predicted molar refractivity (Wildman–Crippen MR) is 95.6 cm³/mol. The van der Waals surface area contributed by atoms with Gasteiger partial charge in [0.25, 0.3) is 0 Å². The molecule has 0 spiro atoms. The van der Waals surface area contributed by atoms with E-state index in [4.69, 9.17) is 21.1 Å². The van der Waals surface area contributed by atoms with Gasteiger partial charge in [0.15, 0.2) is 6.29 Å². The molecule has 1 N–H and O–H groups in total. The Balaban J connectivity index is 1.84. The first-order chi connectivity index (χ1) is 12.7. The molecule has 2 aromatic carbocycles. The topological polar surface area (TPSA) is 69.4 Å². The quantitative estimate of drug-likeness (QED) is 0.746. The third-order valence-corrected chi connectivity index (χ3v) is 4.71. The average molecular weight is 372 g/mol. The van der Waals surface area contributed by atoms with Gasteiger partial charge in [0.05, 0.1) is 19.8 Å². The summed E-state index contributed by atoms with van der Waals surface area (Å²) >= 11 is 6.04. The second-order valence-corrected chi connectivity index (χ2v) is 6.56. The van der Waals surface area contributed by atoms with Gasteiger partial charge in [0.2, 0.25) is 0 Å². The molecule has 0 saturated carbocycles. The van der Waals surface area contributed by atoms with E-state index < -0.39 is 11.9 Å². The van der Waals surface area contributed by atoms with Crippen molar-refractivity contribution in [3.05, 3.63) is 82.9 Å². The van der Waals surface area contributed by atoms with Gasteiger partial charge in [-0.25, -0.2) is 9.67 Å². The zero-order valence-electron chi connectivity index (χ0n) is 14.0. The molecule has 1 aromatic heterocycles. The van der Waals surface area contributed by atoms with Crippen LogP contribution in [0.25, 0.3) is 0 Å². The highest BCUT2D eigenvalue weighted by atomic mass is 35.5. The molecule has 7 heteroatoms. The second-order valence-electron chi connectivity index (χ2n) is 6.12. The number of benzene rings is 2. The van der Waals surface area contributed by atoms with Gasteiger partial charge in [-0.3, -0.25) is 0 Å². The van der Waals surface area contributed by atoms with Crippen molar-refractivity contribution in [3.8, 4) is 0 Å². The first-order valence-corrected chi connectivity index (χ1v) is 8.68. The van der Waals surface area contributed by atoms with Crippen molar-refractivity contribution in [2.45, 2.75) is 18.4 Å². The van der Waals surface area contributed by atoms with Crippen LogP contribution >= 0.6 is 11.6 Å². The number of aromatic nitrogens is 3. The number of halogens is 1. The lowest BCUT2D eigenvalue weighted by Crippen LogP contribution is -2.34. The number of hydrogen-bond acceptors (Lipinski definition) is 5. The molecule has 1 aliphatic rings. The van der Waals surface area contributed by atoms with Crippen LogP contribution in [0.2, 0.25) is 5.02 Å². The van der Waals surface area contributed by atoms with Gasteiger partial charge in [-0.05, 0) is 23.3 Å². The van der Waals surface area contributed by atoms with Crippen molar-refractivity contribution in [2.75, 3.05) is 13.2 Å². The molecular formula is C19H18ClN3O3. The van der Waals surface area contributed by atoms with Crippen LogP contribution in [0.1, 0.15) is 23.0 Å². The molecule has 0 amide bonds. The van der Waals surface area contributed by atoms with Crippen molar-refractivity contribution in [1.82, 2.24) is 14.8 Å². The number of ether oxygens (including phenoxy) is 2. The van der Waals surface area contributed by atoms with Gasteiger partial charge >= 0.3 is 0 Å². The maximum absolute atomic E-state index is 11.8. The molecule has 0 bridgehead atoms. The molecule has 1 atom stereocenters. The van der Waals surface area contributed by atoms with E-state index in [1.54, 1.807) is 23.1 Å². The molecule has 1 fully saturated rings. The van der Waals surface area contributed by atoms with E-state index in [9.17, 15) is 5.11 Å². The van der Waals surface area contributed by atoms with Crippen LogP contribution in [0.15, 0.2) is 61.2 Å². The monoisotopic (exact) mass is 371 g/mol. The first kappa shape index (κ1) is 17.2. The fourth-order valence-corrected chi connectivity index (χ4v) is 3.35. The summed E-state index contributed by atoms with van der Waals surface area (Å²) in [4.78, 5) is 3.98. The van der Waals surface area contributed by atoms with Gasteiger partial charge in [0.1, 0.15) is 18.3 Å². The molecule has 0 aliphatic carbocycles. The van der Waals surface area contributed by atoms with Crippen LogP contribution in [0.4, 0.5) is 0 Å². The van der Waals surface area contributed by atoms with Crippen molar-refractivity contribution >= 4 is 11.6 Å². The van der Waals surface area contributed by atoms with Crippen molar-refractivity contribution in [2.24, 2.45) is 0 Å². The first-order valence-electron chi connectivity index (χ1n) is 8.30. The number of rotatable bonds is 5. The van der Waals surface area contributed by atoms with E-state index in [2.05, 4.69) is 10.1 Å². The van der Waals surface area contributed by atoms with Crippen LogP contribution < -0.4 is 0 Å². The highest BCUT2D eigenvalue weighted by Gasteiger charge is 2.37. The highest BCUT2D eigenvalue weighted by molar-refractivity contribution is 6.30. The number of hydrogen-bond donors (Lipinski definition) is 1. The Morgan fingerprint density at radius 3 is 2.54 bits per heavy atom. The van der Waals surface area contributed by atoms with Gasteiger partial charge in [0, 0.05) is 10.6 Å². The number of nitrogens with zero attached hydrogens (tertiary/aromatic N) is 3. The lowest BCUT2D eigenvalue weighted by molar-refractivity contribution is -0.0485. The van der Waals surface area contributed by atoms with Gasteiger partial charge in [-0.2, -0.15) is 5.10 Å². The molecule has 134 valence electrons. The maximum Gasteiger partial charge on any atom is 0.184 e. The van der Waals surface area contributed by atoms with E-state index in [1.165, 1.54) is 6.33 Å². The van der Waals surface area contributed by atoms with Crippen molar-refractivity contribution < 1.29 is 14.6 Å². The molecule has 1 unspecified atom stereocenters. The summed E-state index contributed by atoms with van der Waals surface area (Å²) < 4.78 is 13.0. The molecule has 26 heavy (non-hydrogen) atoms. The summed E-state index contributed by atoms with van der Waals surface area (Å²) in [5.41, 5.74) is 0.833. The standard InChI is InChI=1S/C19H18ClN3O3/c20-15-7-5-14(6-8-15)19(24,11-23-13-21-12-22-23)17-4-2-1-3-16(17)18-25-9-10-26-18/h1-8,12-13,18,24H,9-11H2. The van der Waals surface area contributed by atoms with Crippen LogP contribution in [0, 0.1) is 0 Å². The summed E-state index contributed by atoms with van der Waals surface area (Å²) in [5, 5.41) is 16.6. The molecule has 4 rings (SSSR count). The Morgan fingerprint density at radius 2 is 1.85 bits per heavy atom. The van der Waals surface area contributed by atoms with E-state index in [1.807, 2.05) is 36.4 Å². The number of aliphatic hydroxyl groups is 1. The molecule has 1 aliphatic heterocycles. The molecule has 2 heterocycles. The van der Waals surface area contributed by atoms with E-state index in [0.29, 0.717) is 29.4 Å². The Labute approximate surface area is 156 Å². The lowest BCUT2D eigenvalue weighted by Gasteiger charge is -2.32. The third kappa shape index (κ3) is 3.24. The van der Waals surface area contributed by atoms with Crippen LogP contribution in [0.3, 0.4) is 0 Å². The molecular weight excluding hydrogens is 354 g/mol. The fraction of sp³-hybridized carbons (Fsp3) is 0.263. The Hall–Kier alpha value is -2.25.